The van der Waals surface area contributed by atoms with Crippen LogP contribution in [0.25, 0.3) is 10.2 Å². The van der Waals surface area contributed by atoms with Crippen LogP contribution in [0.4, 0.5) is 0 Å². The van der Waals surface area contributed by atoms with Gasteiger partial charge in [-0.15, -0.1) is 11.3 Å². The zero-order valence-corrected chi connectivity index (χ0v) is 16.8. The molecule has 5 nitrogen and oxygen atoms in total. The minimum atomic E-state index is 0.0129. The van der Waals surface area contributed by atoms with Crippen LogP contribution in [-0.2, 0) is 30.6 Å². The van der Waals surface area contributed by atoms with E-state index in [0.717, 1.165) is 36.0 Å². The van der Waals surface area contributed by atoms with Gasteiger partial charge in [0.2, 0.25) is 5.88 Å². The summed E-state index contributed by atoms with van der Waals surface area (Å²) in [5.41, 5.74) is 3.89. The number of ether oxygens (including phenoxy) is 1. The molecule has 0 bridgehead atoms. The van der Waals surface area contributed by atoms with Gasteiger partial charge in [0.05, 0.1) is 5.39 Å². The van der Waals surface area contributed by atoms with Crippen LogP contribution in [-0.4, -0.2) is 33.9 Å². The second-order valence-electron chi connectivity index (χ2n) is 7.83. The van der Waals surface area contributed by atoms with E-state index < -0.39 is 0 Å². The van der Waals surface area contributed by atoms with E-state index >= 15 is 0 Å². The average molecular weight is 394 g/mol. The smallest absolute Gasteiger partial charge is 0.260 e. The number of carbonyl (C=O) groups is 1. The first kappa shape index (κ1) is 17.6. The predicted octanol–water partition coefficient (Wildman–Crippen LogP) is 3.78. The summed E-state index contributed by atoms with van der Waals surface area (Å²) in [6, 6.07) is 8.33. The Balaban J connectivity index is 1.33. The molecule has 0 radical (unpaired) electrons. The van der Waals surface area contributed by atoms with Crippen LogP contribution >= 0.6 is 11.3 Å². The standard InChI is InChI=1S/C22H23N3O2S/c1-14-6-7-17-18(10-14)28-22-20(17)21(23-13-24-22)27-12-19(26)25-9-8-15-4-2-3-5-16(15)11-25/h2-5,13-14H,6-12H2,1H3. The molecule has 144 valence electrons. The highest BCUT2D eigenvalue weighted by atomic mass is 32.1. The summed E-state index contributed by atoms with van der Waals surface area (Å²) in [6.45, 7) is 3.72. The first-order chi connectivity index (χ1) is 13.7. The Morgan fingerprint density at radius 2 is 2.11 bits per heavy atom. The molecule has 1 unspecified atom stereocenters. The molecule has 5 rings (SSSR count). The number of rotatable bonds is 3. The lowest BCUT2D eigenvalue weighted by Crippen LogP contribution is -2.38. The van der Waals surface area contributed by atoms with Crippen LogP contribution in [0.1, 0.15) is 34.9 Å². The molecular weight excluding hydrogens is 370 g/mol. The number of thiophene rings is 1. The van der Waals surface area contributed by atoms with Crippen molar-refractivity contribution in [3.8, 4) is 5.88 Å². The number of hydrogen-bond acceptors (Lipinski definition) is 5. The molecule has 2 aliphatic rings. The quantitative estimate of drug-likeness (QED) is 0.680. The maximum Gasteiger partial charge on any atom is 0.260 e. The minimum absolute atomic E-state index is 0.0129. The van der Waals surface area contributed by atoms with E-state index in [1.165, 1.54) is 28.0 Å². The summed E-state index contributed by atoms with van der Waals surface area (Å²) >= 11 is 1.75. The molecule has 3 heterocycles. The van der Waals surface area contributed by atoms with Gasteiger partial charge in [0.1, 0.15) is 11.2 Å². The van der Waals surface area contributed by atoms with Crippen LogP contribution in [0, 0.1) is 5.92 Å². The fraction of sp³-hybridized carbons (Fsp3) is 0.409. The van der Waals surface area contributed by atoms with Crippen molar-refractivity contribution in [2.75, 3.05) is 13.2 Å². The van der Waals surface area contributed by atoms with Gasteiger partial charge in [-0.25, -0.2) is 9.97 Å². The lowest BCUT2D eigenvalue weighted by atomic mass is 9.89. The Morgan fingerprint density at radius 3 is 3.00 bits per heavy atom. The minimum Gasteiger partial charge on any atom is -0.467 e. The number of benzene rings is 1. The summed E-state index contributed by atoms with van der Waals surface area (Å²) < 4.78 is 5.94. The molecule has 0 spiro atoms. The Morgan fingerprint density at radius 1 is 1.25 bits per heavy atom. The molecule has 0 N–H and O–H groups in total. The fourth-order valence-corrected chi connectivity index (χ4v) is 5.63. The van der Waals surface area contributed by atoms with Crippen molar-refractivity contribution in [3.63, 3.8) is 0 Å². The van der Waals surface area contributed by atoms with Gasteiger partial charge in [-0.1, -0.05) is 31.2 Å². The molecular formula is C22H23N3O2S. The molecule has 1 aliphatic heterocycles. The summed E-state index contributed by atoms with van der Waals surface area (Å²) in [6.07, 6.45) is 5.76. The molecule has 6 heteroatoms. The molecule has 1 atom stereocenters. The maximum atomic E-state index is 12.7. The Hall–Kier alpha value is -2.47. The lowest BCUT2D eigenvalue weighted by molar-refractivity contribution is -0.134. The van der Waals surface area contributed by atoms with E-state index in [9.17, 15) is 4.79 Å². The van der Waals surface area contributed by atoms with Crippen LogP contribution in [0.15, 0.2) is 30.6 Å². The lowest BCUT2D eigenvalue weighted by Gasteiger charge is -2.28. The van der Waals surface area contributed by atoms with Gasteiger partial charge in [-0.3, -0.25) is 4.79 Å². The van der Waals surface area contributed by atoms with E-state index in [1.807, 2.05) is 11.0 Å². The van der Waals surface area contributed by atoms with Gasteiger partial charge in [-0.2, -0.15) is 0 Å². The molecule has 28 heavy (non-hydrogen) atoms. The van der Waals surface area contributed by atoms with Crippen molar-refractivity contribution < 1.29 is 9.53 Å². The molecule has 0 fully saturated rings. The van der Waals surface area contributed by atoms with Crippen LogP contribution in [0.2, 0.25) is 0 Å². The molecule has 1 aromatic carbocycles. The second-order valence-corrected chi connectivity index (χ2v) is 8.92. The van der Waals surface area contributed by atoms with Crippen molar-refractivity contribution in [2.45, 2.75) is 39.2 Å². The third kappa shape index (κ3) is 3.15. The summed E-state index contributed by atoms with van der Waals surface area (Å²) in [5, 5.41) is 1.02. The number of fused-ring (bicyclic) bond motifs is 4. The Kier molecular flexibility index (Phi) is 4.51. The third-order valence-corrected chi connectivity index (χ3v) is 7.04. The van der Waals surface area contributed by atoms with Crippen LogP contribution < -0.4 is 4.74 Å². The number of aromatic nitrogens is 2. The van der Waals surface area contributed by atoms with Crippen molar-refractivity contribution in [2.24, 2.45) is 5.92 Å². The number of hydrogen-bond donors (Lipinski definition) is 0. The van der Waals surface area contributed by atoms with E-state index in [1.54, 1.807) is 17.7 Å². The normalized spacial score (nSPS) is 18.6. The summed E-state index contributed by atoms with van der Waals surface area (Å²) in [7, 11) is 0. The molecule has 0 saturated carbocycles. The second kappa shape index (κ2) is 7.17. The topological polar surface area (TPSA) is 55.3 Å². The Bertz CT molecular complexity index is 1050. The number of nitrogens with zero attached hydrogens (tertiary/aromatic N) is 3. The average Bonchev–Trinajstić information content (AvgIpc) is 3.09. The SMILES string of the molecule is CC1CCc2c(sc3ncnc(OCC(=O)N4CCc5ccccc5C4)c23)C1. The van der Waals surface area contributed by atoms with Crippen molar-refractivity contribution in [1.29, 1.82) is 0 Å². The number of carbonyl (C=O) groups excluding carboxylic acids is 1. The zero-order chi connectivity index (χ0) is 19.1. The first-order valence-electron chi connectivity index (χ1n) is 9.91. The van der Waals surface area contributed by atoms with Crippen molar-refractivity contribution in [3.05, 3.63) is 52.2 Å². The third-order valence-electron chi connectivity index (χ3n) is 5.87. The predicted molar refractivity (Wildman–Crippen MR) is 110 cm³/mol. The largest absolute Gasteiger partial charge is 0.467 e. The van der Waals surface area contributed by atoms with E-state index in [4.69, 9.17) is 4.74 Å². The van der Waals surface area contributed by atoms with Crippen LogP contribution in [0.3, 0.4) is 0 Å². The highest BCUT2D eigenvalue weighted by molar-refractivity contribution is 7.18. The van der Waals surface area contributed by atoms with Gasteiger partial charge in [0.15, 0.2) is 6.61 Å². The van der Waals surface area contributed by atoms with Crippen molar-refractivity contribution in [1.82, 2.24) is 14.9 Å². The van der Waals surface area contributed by atoms with Gasteiger partial charge < -0.3 is 9.64 Å². The van der Waals surface area contributed by atoms with E-state index in [2.05, 4.69) is 35.1 Å². The summed E-state index contributed by atoms with van der Waals surface area (Å²) in [4.78, 5) is 25.8. The fourth-order valence-electron chi connectivity index (χ4n) is 4.29. The molecule has 0 saturated heterocycles. The summed E-state index contributed by atoms with van der Waals surface area (Å²) in [5.74, 6) is 1.28. The highest BCUT2D eigenvalue weighted by Gasteiger charge is 2.25. The van der Waals surface area contributed by atoms with E-state index in [0.29, 0.717) is 18.3 Å². The van der Waals surface area contributed by atoms with E-state index in [-0.39, 0.29) is 12.5 Å². The van der Waals surface area contributed by atoms with Gasteiger partial charge in [0.25, 0.3) is 5.91 Å². The van der Waals surface area contributed by atoms with Crippen molar-refractivity contribution >= 4 is 27.5 Å². The number of aryl methyl sites for hydroxylation is 1. The molecule has 1 aliphatic carbocycles. The molecule has 2 aromatic heterocycles. The first-order valence-corrected chi connectivity index (χ1v) is 10.7. The molecule has 1 amide bonds. The Labute approximate surface area is 168 Å². The maximum absolute atomic E-state index is 12.7. The number of amides is 1. The van der Waals surface area contributed by atoms with Gasteiger partial charge >= 0.3 is 0 Å². The van der Waals surface area contributed by atoms with Gasteiger partial charge in [0, 0.05) is 18.0 Å². The molecule has 3 aromatic rings. The van der Waals surface area contributed by atoms with Crippen LogP contribution in [0.5, 0.6) is 5.88 Å². The highest BCUT2D eigenvalue weighted by Crippen LogP contribution is 2.40. The monoisotopic (exact) mass is 393 g/mol. The zero-order valence-electron chi connectivity index (χ0n) is 16.0. The van der Waals surface area contributed by atoms with Gasteiger partial charge in [-0.05, 0) is 48.3 Å².